The first-order valence-corrected chi connectivity index (χ1v) is 9.91. The van der Waals surface area contributed by atoms with Crippen molar-refractivity contribution >= 4 is 51.0 Å². The summed E-state index contributed by atoms with van der Waals surface area (Å²) in [7, 11) is 2.08. The molecule has 1 heterocycles. The minimum absolute atomic E-state index is 0.115. The van der Waals surface area contributed by atoms with Crippen molar-refractivity contribution in [3.8, 4) is 0 Å². The Bertz CT molecular complexity index is 255. The van der Waals surface area contributed by atoms with Gasteiger partial charge < -0.3 is 0 Å². The lowest BCUT2D eigenvalue weighted by molar-refractivity contribution is 2.14. The van der Waals surface area contributed by atoms with E-state index in [-0.39, 0.29) is 7.92 Å². The van der Waals surface area contributed by atoms with Crippen molar-refractivity contribution in [1.82, 2.24) is 0 Å². The molecule has 0 N–H and O–H groups in total. The molecular weight excluding hydrogens is 221 g/mol. The SMILES string of the molecule is CPc1cc(P(C)C)c(PC)s1. The van der Waals surface area contributed by atoms with Gasteiger partial charge in [0.05, 0.1) is 0 Å². The summed E-state index contributed by atoms with van der Waals surface area (Å²) < 4.78 is 3.24. The average molecular weight is 236 g/mol. The number of hydrogen-bond acceptors (Lipinski definition) is 1. The van der Waals surface area contributed by atoms with Crippen LogP contribution in [-0.2, 0) is 0 Å². The Labute approximate surface area is 83.9 Å². The van der Waals surface area contributed by atoms with Gasteiger partial charge in [0.15, 0.2) is 0 Å². The Morgan fingerprint density at radius 2 is 1.92 bits per heavy atom. The summed E-state index contributed by atoms with van der Waals surface area (Å²) in [4.78, 5) is 0. The Balaban J connectivity index is 3.00. The van der Waals surface area contributed by atoms with Crippen LogP contribution in [0.25, 0.3) is 0 Å². The van der Waals surface area contributed by atoms with Crippen LogP contribution in [0.15, 0.2) is 6.07 Å². The van der Waals surface area contributed by atoms with Crippen molar-refractivity contribution in [3.05, 3.63) is 6.07 Å². The van der Waals surface area contributed by atoms with Gasteiger partial charge >= 0.3 is 0 Å². The maximum absolute atomic E-state index is 2.43. The minimum Gasteiger partial charge on any atom is -0.136 e. The third-order valence-electron chi connectivity index (χ3n) is 1.67. The molecule has 0 aromatic carbocycles. The first-order chi connectivity index (χ1) is 5.69. The van der Waals surface area contributed by atoms with Crippen LogP contribution in [0.4, 0.5) is 0 Å². The van der Waals surface area contributed by atoms with Crippen molar-refractivity contribution in [3.63, 3.8) is 0 Å². The number of rotatable bonds is 3. The lowest BCUT2D eigenvalue weighted by Gasteiger charge is -2.04. The van der Waals surface area contributed by atoms with Crippen molar-refractivity contribution in [1.29, 1.82) is 0 Å². The van der Waals surface area contributed by atoms with Crippen LogP contribution >= 0.6 is 36.4 Å². The van der Waals surface area contributed by atoms with E-state index >= 15 is 0 Å². The molecular formula is C8H15P3S. The molecule has 1 aromatic heterocycles. The second-order valence-electron chi connectivity index (χ2n) is 2.72. The molecule has 68 valence electrons. The van der Waals surface area contributed by atoms with Gasteiger partial charge in [0.1, 0.15) is 0 Å². The van der Waals surface area contributed by atoms with Gasteiger partial charge in [0, 0.05) is 9.24 Å². The maximum Gasteiger partial charge on any atom is 0.0327 e. The zero-order chi connectivity index (χ0) is 9.14. The van der Waals surface area contributed by atoms with Gasteiger partial charge in [-0.05, 0) is 38.0 Å². The first-order valence-electron chi connectivity index (χ1n) is 3.85. The van der Waals surface area contributed by atoms with Gasteiger partial charge in [-0.3, -0.25) is 0 Å². The second kappa shape index (κ2) is 5.02. The zero-order valence-corrected chi connectivity index (χ0v) is 11.6. The number of hydrogen-bond donors (Lipinski definition) is 0. The topological polar surface area (TPSA) is 0 Å². The van der Waals surface area contributed by atoms with E-state index < -0.39 is 0 Å². The molecule has 0 aliphatic carbocycles. The van der Waals surface area contributed by atoms with E-state index in [9.17, 15) is 0 Å². The first kappa shape index (κ1) is 11.1. The van der Waals surface area contributed by atoms with Gasteiger partial charge in [0.25, 0.3) is 0 Å². The highest BCUT2D eigenvalue weighted by Gasteiger charge is 2.08. The quantitative estimate of drug-likeness (QED) is 0.704. The molecule has 4 heteroatoms. The highest BCUT2D eigenvalue weighted by Crippen LogP contribution is 2.27. The molecule has 0 saturated carbocycles. The molecule has 0 spiro atoms. The zero-order valence-electron chi connectivity index (χ0n) is 7.93. The molecule has 0 saturated heterocycles. The van der Waals surface area contributed by atoms with E-state index in [1.807, 2.05) is 11.3 Å². The van der Waals surface area contributed by atoms with E-state index in [1.165, 1.54) is 0 Å². The van der Waals surface area contributed by atoms with Gasteiger partial charge in [-0.15, -0.1) is 11.3 Å². The van der Waals surface area contributed by atoms with Gasteiger partial charge in [-0.1, -0.05) is 25.1 Å². The van der Waals surface area contributed by atoms with Gasteiger partial charge in [-0.2, -0.15) is 0 Å². The minimum atomic E-state index is 0.115. The Kier molecular flexibility index (Phi) is 4.63. The van der Waals surface area contributed by atoms with Crippen LogP contribution in [0.1, 0.15) is 0 Å². The molecule has 1 aromatic rings. The summed E-state index contributed by atoms with van der Waals surface area (Å²) in [5, 5.41) is 1.65. The molecule has 0 aliphatic heterocycles. The summed E-state index contributed by atoms with van der Waals surface area (Å²) in [6.45, 7) is 9.26. The lowest BCUT2D eigenvalue weighted by Crippen LogP contribution is -2.10. The number of thiophene rings is 1. The summed E-state index contributed by atoms with van der Waals surface area (Å²) in [5.74, 6) is 0. The fourth-order valence-electron chi connectivity index (χ4n) is 1.02. The third-order valence-corrected chi connectivity index (χ3v) is 7.31. The van der Waals surface area contributed by atoms with Crippen molar-refractivity contribution < 1.29 is 0 Å². The van der Waals surface area contributed by atoms with E-state index in [0.717, 1.165) is 17.2 Å². The van der Waals surface area contributed by atoms with Gasteiger partial charge in [0.2, 0.25) is 0 Å². The lowest BCUT2D eigenvalue weighted by atomic mass is 10.7. The van der Waals surface area contributed by atoms with Crippen LogP contribution in [0, 0.1) is 0 Å². The summed E-state index contributed by atoms with van der Waals surface area (Å²) in [5.41, 5.74) is 0. The molecule has 0 radical (unpaired) electrons. The summed E-state index contributed by atoms with van der Waals surface area (Å²) in [6, 6.07) is 2.43. The third kappa shape index (κ3) is 2.49. The van der Waals surface area contributed by atoms with E-state index in [1.54, 1.807) is 14.5 Å². The standard InChI is InChI=1S/C8H15P3S/c1-9-7-5-6(11(3)4)8(10-2)12-7/h5,9-10H,1-4H3. The second-order valence-corrected chi connectivity index (χ2v) is 8.81. The molecule has 12 heavy (non-hydrogen) atoms. The molecule has 0 aliphatic rings. The Morgan fingerprint density at radius 3 is 2.25 bits per heavy atom. The molecule has 2 unspecified atom stereocenters. The normalized spacial score (nSPS) is 13.1. The highest BCUT2D eigenvalue weighted by atomic mass is 32.1. The molecule has 0 nitrogen and oxygen atoms in total. The predicted molar refractivity (Wildman–Crippen MR) is 70.5 cm³/mol. The monoisotopic (exact) mass is 236 g/mol. The van der Waals surface area contributed by atoms with Gasteiger partial charge in [-0.25, -0.2) is 0 Å². The fraction of sp³-hybridized carbons (Fsp3) is 0.500. The predicted octanol–water partition coefficient (Wildman–Crippen LogP) is 1.98. The van der Waals surface area contributed by atoms with Crippen LogP contribution in [0.2, 0.25) is 0 Å². The molecule has 2 atom stereocenters. The maximum atomic E-state index is 2.43. The molecule has 0 fully saturated rings. The van der Waals surface area contributed by atoms with Crippen LogP contribution in [0.3, 0.4) is 0 Å². The van der Waals surface area contributed by atoms with Crippen LogP contribution in [-0.4, -0.2) is 26.7 Å². The van der Waals surface area contributed by atoms with Crippen LogP contribution < -0.4 is 14.5 Å². The fourth-order valence-corrected chi connectivity index (χ4v) is 6.65. The van der Waals surface area contributed by atoms with E-state index in [0.29, 0.717) is 0 Å². The summed E-state index contributed by atoms with van der Waals surface area (Å²) in [6.07, 6.45) is 0. The van der Waals surface area contributed by atoms with Crippen molar-refractivity contribution in [2.75, 3.05) is 26.7 Å². The van der Waals surface area contributed by atoms with Crippen molar-refractivity contribution in [2.45, 2.75) is 0 Å². The Morgan fingerprint density at radius 1 is 1.25 bits per heavy atom. The highest BCUT2D eigenvalue weighted by molar-refractivity contribution is 7.71. The van der Waals surface area contributed by atoms with Crippen LogP contribution in [0.5, 0.6) is 0 Å². The average Bonchev–Trinajstić information content (AvgIpc) is 2.47. The Hall–Kier alpha value is 0.990. The largest absolute Gasteiger partial charge is 0.136 e. The molecule has 1 rings (SSSR count). The van der Waals surface area contributed by atoms with E-state index in [2.05, 4.69) is 32.7 Å². The van der Waals surface area contributed by atoms with Crippen molar-refractivity contribution in [2.24, 2.45) is 0 Å². The van der Waals surface area contributed by atoms with E-state index in [4.69, 9.17) is 0 Å². The molecule has 0 bridgehead atoms. The summed E-state index contributed by atoms with van der Waals surface area (Å²) >= 11 is 2.03. The molecule has 0 amide bonds. The smallest absolute Gasteiger partial charge is 0.0327 e.